The summed E-state index contributed by atoms with van der Waals surface area (Å²) in [4.78, 5) is 24.4. The largest absolute Gasteiger partial charge is 0.344 e. The molecule has 0 radical (unpaired) electrons. The molecule has 2 aliphatic heterocycles. The summed E-state index contributed by atoms with van der Waals surface area (Å²) in [7, 11) is 4.19. The average molecular weight is 291 g/mol. The minimum absolute atomic E-state index is 0.0327. The molecule has 0 amide bonds. The third-order valence-corrected chi connectivity index (χ3v) is 4.70. The van der Waals surface area contributed by atoms with E-state index >= 15 is 0 Å². The van der Waals surface area contributed by atoms with Gasteiger partial charge < -0.3 is 15.1 Å². The Labute approximate surface area is 125 Å². The number of aromatic nitrogens is 2. The normalized spacial score (nSPS) is 22.9. The fourth-order valence-electron chi connectivity index (χ4n) is 3.33. The highest BCUT2D eigenvalue weighted by atomic mass is 16.1. The van der Waals surface area contributed by atoms with E-state index in [1.807, 2.05) is 7.05 Å². The maximum absolute atomic E-state index is 12.3. The minimum atomic E-state index is 0.0327. The number of anilines is 1. The summed E-state index contributed by atoms with van der Waals surface area (Å²) < 4.78 is 0. The summed E-state index contributed by atoms with van der Waals surface area (Å²) in [6, 6.07) is 0.556. The molecule has 2 aliphatic rings. The number of nitrogens with zero attached hydrogens (tertiary/aromatic N) is 3. The fraction of sp³-hybridized carbons (Fsp3) is 0.733. The van der Waals surface area contributed by atoms with E-state index in [0.717, 1.165) is 50.3 Å². The lowest BCUT2D eigenvalue weighted by atomic mass is 10.1. The number of likely N-dealkylation sites (N-methyl/N-ethyl adjacent to an activating group) is 2. The first kappa shape index (κ1) is 14.5. The smallest absolute Gasteiger partial charge is 0.255 e. The van der Waals surface area contributed by atoms with Crippen LogP contribution in [0.3, 0.4) is 0 Å². The lowest BCUT2D eigenvalue weighted by Crippen LogP contribution is -2.38. The molecule has 0 saturated carbocycles. The molecule has 6 heteroatoms. The van der Waals surface area contributed by atoms with Gasteiger partial charge in [-0.05, 0) is 39.4 Å². The Morgan fingerprint density at radius 3 is 2.95 bits per heavy atom. The van der Waals surface area contributed by atoms with Crippen molar-refractivity contribution in [2.45, 2.75) is 31.7 Å². The van der Waals surface area contributed by atoms with Crippen LogP contribution in [0.5, 0.6) is 0 Å². The second kappa shape index (κ2) is 6.15. The Balaban J connectivity index is 1.80. The minimum Gasteiger partial charge on any atom is -0.344 e. The first-order chi connectivity index (χ1) is 10.1. The number of nitrogens with one attached hydrogen (secondary N) is 2. The van der Waals surface area contributed by atoms with Crippen LogP contribution in [0.4, 0.5) is 5.95 Å². The van der Waals surface area contributed by atoms with Crippen LogP contribution in [0.1, 0.15) is 24.1 Å². The van der Waals surface area contributed by atoms with E-state index < -0.39 is 0 Å². The first-order valence-electron chi connectivity index (χ1n) is 7.89. The van der Waals surface area contributed by atoms with E-state index in [2.05, 4.69) is 27.1 Å². The number of hydrogen-bond donors (Lipinski definition) is 2. The standard InChI is InChI=1S/C15H25N5O/c1-19-9-3-4-11(19)10-20(2)15-17-13-6-8-16-7-5-12(13)14(21)18-15/h11,16H,3-10H2,1-2H3,(H,17,18,21). The topological polar surface area (TPSA) is 64.3 Å². The Hall–Kier alpha value is -1.40. The Morgan fingerprint density at radius 2 is 2.19 bits per heavy atom. The average Bonchev–Trinajstić information content (AvgIpc) is 2.73. The van der Waals surface area contributed by atoms with Gasteiger partial charge in [-0.25, -0.2) is 4.98 Å². The van der Waals surface area contributed by atoms with Crippen molar-refractivity contribution in [3.63, 3.8) is 0 Å². The van der Waals surface area contributed by atoms with E-state index in [1.165, 1.54) is 12.8 Å². The lowest BCUT2D eigenvalue weighted by Gasteiger charge is -2.26. The first-order valence-corrected chi connectivity index (χ1v) is 7.89. The molecule has 3 heterocycles. The van der Waals surface area contributed by atoms with Gasteiger partial charge in [0.15, 0.2) is 0 Å². The van der Waals surface area contributed by atoms with Crippen molar-refractivity contribution in [2.24, 2.45) is 0 Å². The van der Waals surface area contributed by atoms with Gasteiger partial charge in [0.1, 0.15) is 0 Å². The van der Waals surface area contributed by atoms with Gasteiger partial charge in [0.25, 0.3) is 5.56 Å². The maximum atomic E-state index is 12.3. The van der Waals surface area contributed by atoms with Crippen LogP contribution < -0.4 is 15.8 Å². The Kier molecular flexibility index (Phi) is 4.26. The Bertz CT molecular complexity index is 555. The van der Waals surface area contributed by atoms with Gasteiger partial charge >= 0.3 is 0 Å². The molecule has 0 aromatic carbocycles. The van der Waals surface area contributed by atoms with E-state index in [1.54, 1.807) is 0 Å². The molecular formula is C15H25N5O. The molecule has 1 aromatic rings. The predicted molar refractivity (Wildman–Crippen MR) is 84.1 cm³/mol. The summed E-state index contributed by atoms with van der Waals surface area (Å²) >= 11 is 0. The molecule has 0 aliphatic carbocycles. The van der Waals surface area contributed by atoms with Gasteiger partial charge in [-0.15, -0.1) is 0 Å². The summed E-state index contributed by atoms with van der Waals surface area (Å²) in [5.41, 5.74) is 1.85. The van der Waals surface area contributed by atoms with Crippen molar-refractivity contribution >= 4 is 5.95 Å². The zero-order valence-electron chi connectivity index (χ0n) is 13.0. The van der Waals surface area contributed by atoms with E-state index in [9.17, 15) is 4.79 Å². The summed E-state index contributed by atoms with van der Waals surface area (Å²) in [5, 5.41) is 3.32. The van der Waals surface area contributed by atoms with E-state index in [0.29, 0.717) is 12.0 Å². The van der Waals surface area contributed by atoms with E-state index in [4.69, 9.17) is 4.98 Å². The second-order valence-corrected chi connectivity index (χ2v) is 6.22. The SMILES string of the molecule is CN(CC1CCCN1C)c1nc2c(c(=O)[nH]1)CCNCC2. The molecule has 0 bridgehead atoms. The molecule has 116 valence electrons. The summed E-state index contributed by atoms with van der Waals surface area (Å²) in [6.07, 6.45) is 4.09. The highest BCUT2D eigenvalue weighted by molar-refractivity contribution is 5.33. The molecular weight excluding hydrogens is 266 g/mol. The maximum Gasteiger partial charge on any atom is 0.255 e. The molecule has 3 rings (SSSR count). The fourth-order valence-corrected chi connectivity index (χ4v) is 3.33. The zero-order valence-corrected chi connectivity index (χ0v) is 13.0. The highest BCUT2D eigenvalue weighted by Crippen LogP contribution is 2.17. The van der Waals surface area contributed by atoms with Gasteiger partial charge in [0.2, 0.25) is 5.95 Å². The number of likely N-dealkylation sites (tertiary alicyclic amines) is 1. The van der Waals surface area contributed by atoms with Crippen LogP contribution in [-0.2, 0) is 12.8 Å². The molecule has 1 aromatic heterocycles. The van der Waals surface area contributed by atoms with Crippen LogP contribution in [0.2, 0.25) is 0 Å². The van der Waals surface area contributed by atoms with Crippen LogP contribution in [0.25, 0.3) is 0 Å². The van der Waals surface area contributed by atoms with Crippen molar-refractivity contribution in [2.75, 3.05) is 45.2 Å². The molecule has 1 unspecified atom stereocenters. The van der Waals surface area contributed by atoms with Crippen molar-refractivity contribution in [3.8, 4) is 0 Å². The zero-order chi connectivity index (χ0) is 14.8. The number of H-pyrrole nitrogens is 1. The van der Waals surface area contributed by atoms with Gasteiger partial charge in [-0.3, -0.25) is 9.78 Å². The number of hydrogen-bond acceptors (Lipinski definition) is 5. The number of aromatic amines is 1. The van der Waals surface area contributed by atoms with Gasteiger partial charge in [-0.1, -0.05) is 0 Å². The second-order valence-electron chi connectivity index (χ2n) is 6.22. The molecule has 1 saturated heterocycles. The number of fused-ring (bicyclic) bond motifs is 1. The third-order valence-electron chi connectivity index (χ3n) is 4.70. The quantitative estimate of drug-likeness (QED) is 0.820. The van der Waals surface area contributed by atoms with Crippen LogP contribution >= 0.6 is 0 Å². The van der Waals surface area contributed by atoms with Gasteiger partial charge in [0.05, 0.1) is 5.69 Å². The third kappa shape index (κ3) is 3.11. The molecule has 6 nitrogen and oxygen atoms in total. The molecule has 21 heavy (non-hydrogen) atoms. The molecule has 0 spiro atoms. The highest BCUT2D eigenvalue weighted by Gasteiger charge is 2.23. The van der Waals surface area contributed by atoms with Crippen LogP contribution in [0, 0.1) is 0 Å². The number of rotatable bonds is 3. The van der Waals surface area contributed by atoms with Crippen molar-refractivity contribution < 1.29 is 0 Å². The van der Waals surface area contributed by atoms with Gasteiger partial charge in [0, 0.05) is 38.2 Å². The van der Waals surface area contributed by atoms with Crippen molar-refractivity contribution in [1.82, 2.24) is 20.2 Å². The molecule has 2 N–H and O–H groups in total. The lowest BCUT2D eigenvalue weighted by molar-refractivity contribution is 0.313. The summed E-state index contributed by atoms with van der Waals surface area (Å²) in [5.74, 6) is 0.709. The van der Waals surface area contributed by atoms with Crippen molar-refractivity contribution in [3.05, 3.63) is 21.6 Å². The summed E-state index contributed by atoms with van der Waals surface area (Å²) in [6.45, 7) is 3.84. The predicted octanol–water partition coefficient (Wildman–Crippen LogP) is -0.0115. The van der Waals surface area contributed by atoms with Crippen LogP contribution in [0.15, 0.2) is 4.79 Å². The van der Waals surface area contributed by atoms with E-state index in [-0.39, 0.29) is 5.56 Å². The Morgan fingerprint density at radius 1 is 1.38 bits per heavy atom. The van der Waals surface area contributed by atoms with Gasteiger partial charge in [-0.2, -0.15) is 0 Å². The van der Waals surface area contributed by atoms with Crippen LogP contribution in [-0.4, -0.2) is 61.2 Å². The molecule has 1 atom stereocenters. The molecule has 1 fully saturated rings. The van der Waals surface area contributed by atoms with Crippen molar-refractivity contribution in [1.29, 1.82) is 0 Å². The monoisotopic (exact) mass is 291 g/mol.